The van der Waals surface area contributed by atoms with Crippen molar-refractivity contribution in [2.24, 2.45) is 5.92 Å². The van der Waals surface area contributed by atoms with E-state index >= 15 is 0 Å². The molecule has 32 heavy (non-hydrogen) atoms. The number of nitrogens with one attached hydrogen (secondary N) is 1. The molecule has 1 atom stereocenters. The molecule has 0 spiro atoms. The van der Waals surface area contributed by atoms with Gasteiger partial charge in [0.25, 0.3) is 5.56 Å². The number of hydrogen-bond acceptors (Lipinski definition) is 6. The molecule has 8 heteroatoms. The van der Waals surface area contributed by atoms with Crippen LogP contribution in [0.3, 0.4) is 0 Å². The summed E-state index contributed by atoms with van der Waals surface area (Å²) in [5.41, 5.74) is 2.95. The van der Waals surface area contributed by atoms with Crippen LogP contribution in [0.15, 0.2) is 29.3 Å². The summed E-state index contributed by atoms with van der Waals surface area (Å²) in [6.45, 7) is 11.6. The van der Waals surface area contributed by atoms with Gasteiger partial charge < -0.3 is 10.1 Å². The maximum Gasteiger partial charge on any atom is 0.348 e. The van der Waals surface area contributed by atoms with Gasteiger partial charge in [0, 0.05) is 5.69 Å². The Kier molecular flexibility index (Phi) is 7.13. The predicted molar refractivity (Wildman–Crippen MR) is 128 cm³/mol. The van der Waals surface area contributed by atoms with Crippen molar-refractivity contribution >= 4 is 39.1 Å². The van der Waals surface area contributed by atoms with Crippen LogP contribution in [0.25, 0.3) is 10.2 Å². The number of amides is 1. The second-order valence-electron chi connectivity index (χ2n) is 8.31. The van der Waals surface area contributed by atoms with Crippen LogP contribution >= 0.6 is 11.3 Å². The van der Waals surface area contributed by atoms with Crippen molar-refractivity contribution in [3.05, 3.63) is 56.4 Å². The number of aromatic nitrogens is 2. The molecule has 3 aromatic rings. The van der Waals surface area contributed by atoms with Gasteiger partial charge in [0.1, 0.15) is 15.7 Å². The summed E-state index contributed by atoms with van der Waals surface area (Å²) in [4.78, 5) is 43.9. The molecule has 1 amide bonds. The van der Waals surface area contributed by atoms with Crippen LogP contribution in [0, 0.1) is 19.8 Å². The van der Waals surface area contributed by atoms with E-state index in [0.717, 1.165) is 34.6 Å². The minimum atomic E-state index is -0.778. The summed E-state index contributed by atoms with van der Waals surface area (Å²) in [5, 5.41) is 3.32. The summed E-state index contributed by atoms with van der Waals surface area (Å²) in [5.74, 6) is -0.547. The zero-order chi connectivity index (χ0) is 23.6. The summed E-state index contributed by atoms with van der Waals surface area (Å²) >= 11 is 1.14. The highest BCUT2D eigenvalue weighted by Crippen LogP contribution is 2.28. The lowest BCUT2D eigenvalue weighted by atomic mass is 10.1. The molecule has 0 bridgehead atoms. The molecule has 0 aliphatic rings. The van der Waals surface area contributed by atoms with Gasteiger partial charge in [-0.15, -0.1) is 11.3 Å². The topological polar surface area (TPSA) is 90.3 Å². The van der Waals surface area contributed by atoms with Gasteiger partial charge in [-0.2, -0.15) is 0 Å². The maximum absolute atomic E-state index is 13.2. The molecule has 1 unspecified atom stereocenters. The third kappa shape index (κ3) is 4.60. The molecular weight excluding hydrogens is 426 g/mol. The van der Waals surface area contributed by atoms with Gasteiger partial charge in [-0.3, -0.25) is 14.2 Å². The Balaban J connectivity index is 1.93. The zero-order valence-electron chi connectivity index (χ0n) is 19.3. The lowest BCUT2D eigenvalue weighted by Gasteiger charge is -2.18. The van der Waals surface area contributed by atoms with Crippen LogP contribution in [0.4, 0.5) is 5.69 Å². The molecule has 0 radical (unpaired) electrons. The molecule has 2 aromatic heterocycles. The van der Waals surface area contributed by atoms with Crippen LogP contribution in [0.5, 0.6) is 0 Å². The van der Waals surface area contributed by atoms with Crippen LogP contribution in [0.1, 0.15) is 60.1 Å². The molecule has 0 aliphatic heterocycles. The van der Waals surface area contributed by atoms with Crippen LogP contribution in [0.2, 0.25) is 0 Å². The summed E-state index contributed by atoms with van der Waals surface area (Å²) in [6.07, 6.45) is 2.15. The monoisotopic (exact) mass is 455 g/mol. The molecule has 0 aliphatic carbocycles. The number of anilines is 1. The number of aryl methyl sites for hydroxylation is 3. The number of benzene rings is 1. The third-order valence-corrected chi connectivity index (χ3v) is 6.57. The third-order valence-electron chi connectivity index (χ3n) is 5.39. The number of esters is 1. The van der Waals surface area contributed by atoms with Gasteiger partial charge in [-0.25, -0.2) is 9.78 Å². The molecule has 0 saturated carbocycles. The number of hydrogen-bond donors (Lipinski definition) is 1. The van der Waals surface area contributed by atoms with E-state index in [1.165, 1.54) is 10.9 Å². The van der Waals surface area contributed by atoms with Gasteiger partial charge in [-0.1, -0.05) is 39.0 Å². The first kappa shape index (κ1) is 23.7. The van der Waals surface area contributed by atoms with Crippen molar-refractivity contribution in [3.63, 3.8) is 0 Å². The van der Waals surface area contributed by atoms with Crippen LogP contribution in [-0.2, 0) is 16.0 Å². The minimum absolute atomic E-state index is 0.213. The van der Waals surface area contributed by atoms with Gasteiger partial charge in [-0.05, 0) is 49.8 Å². The molecule has 2 heterocycles. The van der Waals surface area contributed by atoms with Crippen molar-refractivity contribution in [2.45, 2.75) is 54.0 Å². The normalized spacial score (nSPS) is 12.2. The smallest absolute Gasteiger partial charge is 0.348 e. The Labute approximate surface area is 191 Å². The number of para-hydroxylation sites is 1. The first-order valence-corrected chi connectivity index (χ1v) is 11.5. The van der Waals surface area contributed by atoms with Gasteiger partial charge >= 0.3 is 5.97 Å². The van der Waals surface area contributed by atoms with E-state index in [9.17, 15) is 14.4 Å². The van der Waals surface area contributed by atoms with E-state index in [-0.39, 0.29) is 17.4 Å². The lowest BCUT2D eigenvalue weighted by Crippen LogP contribution is -2.32. The van der Waals surface area contributed by atoms with Crippen molar-refractivity contribution in [1.29, 1.82) is 0 Å². The second-order valence-corrected chi connectivity index (χ2v) is 9.31. The fourth-order valence-electron chi connectivity index (χ4n) is 3.47. The molecule has 1 N–H and O–H groups in total. The predicted octanol–water partition coefficient (Wildman–Crippen LogP) is 4.65. The number of carbonyl (C=O) groups excluding carboxylic acids is 2. The molecule has 7 nitrogen and oxygen atoms in total. The van der Waals surface area contributed by atoms with E-state index in [4.69, 9.17) is 4.74 Å². The van der Waals surface area contributed by atoms with Crippen LogP contribution in [-0.4, -0.2) is 28.0 Å². The maximum atomic E-state index is 13.2. The minimum Gasteiger partial charge on any atom is -0.461 e. The Morgan fingerprint density at radius 2 is 1.94 bits per heavy atom. The fourth-order valence-corrected chi connectivity index (χ4v) is 4.50. The number of fused-ring (bicyclic) bond motifs is 1. The number of carbonyl (C=O) groups is 2. The van der Waals surface area contributed by atoms with Crippen molar-refractivity contribution in [2.75, 3.05) is 11.9 Å². The zero-order valence-corrected chi connectivity index (χ0v) is 20.1. The summed E-state index contributed by atoms with van der Waals surface area (Å²) in [7, 11) is 0. The van der Waals surface area contributed by atoms with E-state index < -0.39 is 12.0 Å². The number of nitrogens with zero attached hydrogens (tertiary/aromatic N) is 2. The summed E-state index contributed by atoms with van der Waals surface area (Å²) < 4.78 is 6.64. The van der Waals surface area contributed by atoms with E-state index in [1.807, 2.05) is 45.9 Å². The van der Waals surface area contributed by atoms with Crippen LogP contribution < -0.4 is 10.9 Å². The highest BCUT2D eigenvalue weighted by Gasteiger charge is 2.24. The average Bonchev–Trinajstić information content (AvgIpc) is 3.10. The SMILES string of the molecule is CCc1cccc(C)c1NC(=O)C(C)n1cnc2sc(C(=O)OCC(C)C)c(C)c2c1=O. The number of thiophene rings is 1. The average molecular weight is 456 g/mol. The Hall–Kier alpha value is -3.00. The molecule has 0 fully saturated rings. The lowest BCUT2D eigenvalue weighted by molar-refractivity contribution is -0.118. The summed E-state index contributed by atoms with van der Waals surface area (Å²) in [6, 6.07) is 5.09. The fraction of sp³-hybridized carbons (Fsp3) is 0.417. The second kappa shape index (κ2) is 9.65. The molecular formula is C24H29N3O4S. The van der Waals surface area contributed by atoms with E-state index in [2.05, 4.69) is 10.3 Å². The van der Waals surface area contributed by atoms with Crippen molar-refractivity contribution in [3.8, 4) is 0 Å². The number of ether oxygens (including phenoxy) is 1. The molecule has 1 aromatic carbocycles. The standard InChI is InChI=1S/C24H29N3O4S/c1-7-17-10-8-9-14(4)19(17)26-21(28)16(6)27-12-25-22-18(23(27)29)15(5)20(32-22)24(30)31-11-13(2)3/h8-10,12-13,16H,7,11H2,1-6H3,(H,26,28). The van der Waals surface area contributed by atoms with Gasteiger partial charge in [0.15, 0.2) is 0 Å². The van der Waals surface area contributed by atoms with Crippen molar-refractivity contribution < 1.29 is 14.3 Å². The van der Waals surface area contributed by atoms with Gasteiger partial charge in [0.2, 0.25) is 5.91 Å². The molecule has 170 valence electrons. The van der Waals surface area contributed by atoms with Crippen molar-refractivity contribution in [1.82, 2.24) is 9.55 Å². The largest absolute Gasteiger partial charge is 0.461 e. The highest BCUT2D eigenvalue weighted by atomic mass is 32.1. The highest BCUT2D eigenvalue weighted by molar-refractivity contribution is 7.20. The quantitative estimate of drug-likeness (QED) is 0.524. The first-order valence-electron chi connectivity index (χ1n) is 10.7. The first-order chi connectivity index (χ1) is 15.1. The van der Waals surface area contributed by atoms with E-state index in [1.54, 1.807) is 13.8 Å². The number of rotatable bonds is 7. The van der Waals surface area contributed by atoms with Gasteiger partial charge in [0.05, 0.1) is 18.3 Å². The Morgan fingerprint density at radius 3 is 2.59 bits per heavy atom. The Morgan fingerprint density at radius 1 is 1.22 bits per heavy atom. The van der Waals surface area contributed by atoms with E-state index in [0.29, 0.717) is 27.3 Å². The molecule has 0 saturated heterocycles. The Bertz CT molecular complexity index is 1230. The molecule has 3 rings (SSSR count).